The second-order valence-electron chi connectivity index (χ2n) is 4.65. The summed E-state index contributed by atoms with van der Waals surface area (Å²) in [6, 6.07) is 5.56. The number of esters is 1. The molecule has 0 unspecified atom stereocenters. The number of hydrogen-bond acceptors (Lipinski definition) is 3. The number of ether oxygens (including phenoxy) is 1. The molecule has 3 nitrogen and oxygen atoms in total. The first-order chi connectivity index (χ1) is 10.3. The number of halogens is 3. The number of aromatic nitrogens is 1. The van der Waals surface area contributed by atoms with Crippen LogP contribution in [0, 0.1) is 6.92 Å². The minimum Gasteiger partial charge on any atom is -0.463 e. The Morgan fingerprint density at radius 1 is 1.36 bits per heavy atom. The fraction of sp³-hybridized carbons (Fsp3) is 0.250. The molecule has 0 amide bonds. The fourth-order valence-corrected chi connectivity index (χ4v) is 2.10. The molecular weight excluding hydrogens is 295 g/mol. The van der Waals surface area contributed by atoms with E-state index in [2.05, 4.69) is 4.98 Å². The third-order valence-corrected chi connectivity index (χ3v) is 3.05. The monoisotopic (exact) mass is 309 g/mol. The number of nitrogens with zero attached hydrogens (tertiary/aromatic N) is 1. The van der Waals surface area contributed by atoms with E-state index in [9.17, 15) is 18.0 Å². The zero-order valence-electron chi connectivity index (χ0n) is 12.1. The lowest BCUT2D eigenvalue weighted by molar-refractivity contribution is -0.137. The van der Waals surface area contributed by atoms with E-state index in [1.54, 1.807) is 26.0 Å². The first-order valence-corrected chi connectivity index (χ1v) is 6.65. The highest BCUT2D eigenvalue weighted by Gasteiger charge is 2.33. The zero-order chi connectivity index (χ0) is 16.3. The van der Waals surface area contributed by atoms with Crippen molar-refractivity contribution in [2.45, 2.75) is 20.0 Å². The van der Waals surface area contributed by atoms with Gasteiger partial charge in [0.1, 0.15) is 0 Å². The Labute approximate surface area is 125 Å². The normalized spacial score (nSPS) is 12.0. The maximum Gasteiger partial charge on any atom is 0.418 e. The number of rotatable bonds is 3. The van der Waals surface area contributed by atoms with Crippen LogP contribution in [0.1, 0.15) is 23.7 Å². The predicted octanol–water partition coefficient (Wildman–Crippen LogP) is 4.14. The van der Waals surface area contributed by atoms with E-state index >= 15 is 0 Å². The van der Waals surface area contributed by atoms with Crippen LogP contribution in [0.3, 0.4) is 0 Å². The van der Waals surface area contributed by atoms with Gasteiger partial charge in [-0.1, -0.05) is 12.1 Å². The van der Waals surface area contributed by atoms with Crippen LogP contribution in [-0.4, -0.2) is 17.6 Å². The number of aryl methyl sites for hydroxylation is 1. The van der Waals surface area contributed by atoms with Crippen LogP contribution in [0.2, 0.25) is 0 Å². The molecular formula is C16H14F3NO2. The Morgan fingerprint density at radius 3 is 2.73 bits per heavy atom. The molecule has 0 atom stereocenters. The minimum absolute atomic E-state index is 0.126. The molecule has 0 saturated heterocycles. The van der Waals surface area contributed by atoms with Crippen LogP contribution < -0.4 is 0 Å². The first-order valence-electron chi connectivity index (χ1n) is 6.65. The maximum atomic E-state index is 13.1. The quantitative estimate of drug-likeness (QED) is 0.632. The summed E-state index contributed by atoms with van der Waals surface area (Å²) < 4.78 is 43.9. The number of fused-ring (bicyclic) bond motifs is 1. The molecule has 0 spiro atoms. The molecule has 0 fully saturated rings. The standard InChI is InChI=1S/C16H14F3NO2/c1-3-22-14(21)8-7-11-9-10(2)12-5-4-6-13(15(12)20-11)16(17,18)19/h4-9H,3H2,1-2H3/b8-7+. The topological polar surface area (TPSA) is 39.2 Å². The van der Waals surface area contributed by atoms with Crippen LogP contribution in [0.4, 0.5) is 13.2 Å². The molecule has 22 heavy (non-hydrogen) atoms. The van der Waals surface area contributed by atoms with Gasteiger partial charge >= 0.3 is 12.1 Å². The van der Waals surface area contributed by atoms with Crippen molar-refractivity contribution < 1.29 is 22.7 Å². The Balaban J connectivity index is 2.53. The lowest BCUT2D eigenvalue weighted by Crippen LogP contribution is -2.07. The molecule has 0 aliphatic heterocycles. The number of pyridine rings is 1. The third-order valence-electron chi connectivity index (χ3n) is 3.05. The molecule has 1 heterocycles. The minimum atomic E-state index is -4.48. The molecule has 0 aliphatic rings. The molecule has 6 heteroatoms. The van der Waals surface area contributed by atoms with Crippen LogP contribution in [-0.2, 0) is 15.7 Å². The van der Waals surface area contributed by atoms with Gasteiger partial charge in [0, 0.05) is 11.5 Å². The van der Waals surface area contributed by atoms with Gasteiger partial charge in [0.2, 0.25) is 0 Å². The zero-order valence-corrected chi connectivity index (χ0v) is 12.1. The van der Waals surface area contributed by atoms with Crippen molar-refractivity contribution in [3.8, 4) is 0 Å². The van der Waals surface area contributed by atoms with Gasteiger partial charge < -0.3 is 4.74 Å². The van der Waals surface area contributed by atoms with Crippen molar-refractivity contribution >= 4 is 22.9 Å². The van der Waals surface area contributed by atoms with Gasteiger partial charge in [-0.15, -0.1) is 0 Å². The van der Waals surface area contributed by atoms with Gasteiger partial charge in [-0.05, 0) is 37.6 Å². The average Bonchev–Trinajstić information content (AvgIpc) is 2.44. The molecule has 0 N–H and O–H groups in total. The summed E-state index contributed by atoms with van der Waals surface area (Å²) in [7, 11) is 0. The molecule has 116 valence electrons. The summed E-state index contributed by atoms with van der Waals surface area (Å²) in [5.74, 6) is -0.564. The lowest BCUT2D eigenvalue weighted by atomic mass is 10.0. The van der Waals surface area contributed by atoms with Crippen molar-refractivity contribution in [3.05, 3.63) is 47.2 Å². The van der Waals surface area contributed by atoms with Crippen molar-refractivity contribution in [1.82, 2.24) is 4.98 Å². The third kappa shape index (κ3) is 3.44. The summed E-state index contributed by atoms with van der Waals surface area (Å²) in [5, 5.41) is 0.433. The SMILES string of the molecule is CCOC(=O)/C=C/c1cc(C)c2cccc(C(F)(F)F)c2n1. The highest BCUT2D eigenvalue weighted by atomic mass is 19.4. The van der Waals surface area contributed by atoms with Gasteiger partial charge in [0.15, 0.2) is 0 Å². The molecule has 2 aromatic rings. The second-order valence-corrected chi connectivity index (χ2v) is 4.65. The molecule has 2 rings (SSSR count). The van der Waals surface area contributed by atoms with Gasteiger partial charge in [-0.2, -0.15) is 13.2 Å². The number of carbonyl (C=O) groups is 1. The molecule has 0 radical (unpaired) electrons. The largest absolute Gasteiger partial charge is 0.463 e. The summed E-state index contributed by atoms with van der Waals surface area (Å²) >= 11 is 0. The maximum absolute atomic E-state index is 13.1. The van der Waals surface area contributed by atoms with E-state index in [4.69, 9.17) is 4.74 Å². The number of para-hydroxylation sites is 1. The van der Waals surface area contributed by atoms with Gasteiger partial charge in [-0.25, -0.2) is 9.78 Å². The number of hydrogen-bond donors (Lipinski definition) is 0. The Kier molecular flexibility index (Phi) is 4.49. The summed E-state index contributed by atoms with van der Waals surface area (Å²) in [5.41, 5.74) is 0.00681. The number of alkyl halides is 3. The smallest absolute Gasteiger partial charge is 0.418 e. The Bertz CT molecular complexity index is 736. The van der Waals surface area contributed by atoms with E-state index < -0.39 is 17.7 Å². The summed E-state index contributed by atoms with van der Waals surface area (Å²) in [6.45, 7) is 3.59. The molecule has 1 aromatic carbocycles. The predicted molar refractivity (Wildman–Crippen MR) is 77.1 cm³/mol. The van der Waals surface area contributed by atoms with Gasteiger partial charge in [0.05, 0.1) is 23.4 Å². The highest BCUT2D eigenvalue weighted by molar-refractivity contribution is 5.89. The van der Waals surface area contributed by atoms with E-state index in [0.29, 0.717) is 10.9 Å². The summed E-state index contributed by atoms with van der Waals surface area (Å²) in [4.78, 5) is 15.3. The van der Waals surface area contributed by atoms with Crippen LogP contribution in [0.5, 0.6) is 0 Å². The van der Waals surface area contributed by atoms with Crippen molar-refractivity contribution in [2.75, 3.05) is 6.61 Å². The van der Waals surface area contributed by atoms with E-state index in [1.807, 2.05) is 0 Å². The number of carbonyl (C=O) groups excluding carboxylic acids is 1. The molecule has 1 aromatic heterocycles. The lowest BCUT2D eigenvalue weighted by Gasteiger charge is -2.11. The number of benzene rings is 1. The molecule has 0 aliphatic carbocycles. The van der Waals surface area contributed by atoms with Crippen LogP contribution >= 0.6 is 0 Å². The second kappa shape index (κ2) is 6.17. The van der Waals surface area contributed by atoms with E-state index in [0.717, 1.165) is 12.1 Å². The van der Waals surface area contributed by atoms with Crippen molar-refractivity contribution in [1.29, 1.82) is 0 Å². The van der Waals surface area contributed by atoms with Crippen LogP contribution in [0.25, 0.3) is 17.0 Å². The van der Waals surface area contributed by atoms with E-state index in [1.165, 1.54) is 12.1 Å². The molecule has 0 bridgehead atoms. The van der Waals surface area contributed by atoms with Crippen molar-refractivity contribution in [2.24, 2.45) is 0 Å². The van der Waals surface area contributed by atoms with Crippen LogP contribution in [0.15, 0.2) is 30.3 Å². The van der Waals surface area contributed by atoms with Crippen molar-refractivity contribution in [3.63, 3.8) is 0 Å². The highest BCUT2D eigenvalue weighted by Crippen LogP contribution is 2.34. The van der Waals surface area contributed by atoms with Gasteiger partial charge in [0.25, 0.3) is 0 Å². The van der Waals surface area contributed by atoms with Gasteiger partial charge in [-0.3, -0.25) is 0 Å². The fourth-order valence-electron chi connectivity index (χ4n) is 2.10. The first kappa shape index (κ1) is 16.0. The Hall–Kier alpha value is -2.37. The molecule has 0 saturated carbocycles. The summed E-state index contributed by atoms with van der Waals surface area (Å²) in [6.07, 6.45) is -1.99. The Morgan fingerprint density at radius 2 is 2.09 bits per heavy atom. The van der Waals surface area contributed by atoms with E-state index in [-0.39, 0.29) is 17.8 Å². The average molecular weight is 309 g/mol.